The number of carboxylic acids is 1. The van der Waals surface area contributed by atoms with Crippen molar-refractivity contribution in [2.75, 3.05) is 21.3 Å². The fraction of sp³-hybridized carbons (Fsp3) is 0.148. The van der Waals surface area contributed by atoms with Crippen molar-refractivity contribution in [3.05, 3.63) is 76.7 Å². The lowest BCUT2D eigenvalue weighted by Gasteiger charge is -2.10. The smallest absolute Gasteiger partial charge is 0.336 e. The Hall–Kier alpha value is -3.97. The van der Waals surface area contributed by atoms with E-state index in [1.165, 1.54) is 11.3 Å². The van der Waals surface area contributed by atoms with E-state index >= 15 is 0 Å². The Morgan fingerprint density at radius 3 is 2.06 bits per heavy atom. The number of aryl methyl sites for hydroxylation is 1. The van der Waals surface area contributed by atoms with Crippen LogP contribution in [0.15, 0.2) is 60.7 Å². The SMILES string of the molecule is COc1ccc(Oc2c(/C=C(/C(=O)O)c3ccc(C)cc3)sc3cc(OC)c(OC)cc23)cc1. The van der Waals surface area contributed by atoms with Gasteiger partial charge in [0.25, 0.3) is 0 Å². The molecule has 0 aliphatic carbocycles. The Morgan fingerprint density at radius 1 is 0.853 bits per heavy atom. The van der Waals surface area contributed by atoms with Crippen molar-refractivity contribution in [3.63, 3.8) is 0 Å². The number of ether oxygens (including phenoxy) is 4. The number of carboxylic acid groups (broad SMARTS) is 1. The fourth-order valence-corrected chi connectivity index (χ4v) is 4.60. The van der Waals surface area contributed by atoms with Gasteiger partial charge in [-0.3, -0.25) is 0 Å². The highest BCUT2D eigenvalue weighted by atomic mass is 32.1. The number of thiophene rings is 1. The lowest BCUT2D eigenvalue weighted by Crippen LogP contribution is -1.99. The molecule has 7 heteroatoms. The van der Waals surface area contributed by atoms with Gasteiger partial charge in [0.1, 0.15) is 11.5 Å². The van der Waals surface area contributed by atoms with Crippen LogP contribution in [0.25, 0.3) is 21.7 Å². The van der Waals surface area contributed by atoms with Gasteiger partial charge in [0.05, 0.1) is 31.8 Å². The van der Waals surface area contributed by atoms with Crippen molar-refractivity contribution in [2.24, 2.45) is 0 Å². The van der Waals surface area contributed by atoms with E-state index in [4.69, 9.17) is 18.9 Å². The molecule has 1 N–H and O–H groups in total. The highest BCUT2D eigenvalue weighted by Gasteiger charge is 2.20. The summed E-state index contributed by atoms with van der Waals surface area (Å²) < 4.78 is 23.3. The summed E-state index contributed by atoms with van der Waals surface area (Å²) in [5, 5.41) is 10.8. The third-order valence-corrected chi connectivity index (χ3v) is 6.40. The molecule has 4 aromatic rings. The highest BCUT2D eigenvalue weighted by molar-refractivity contribution is 7.20. The minimum Gasteiger partial charge on any atom is -0.497 e. The fourth-order valence-electron chi connectivity index (χ4n) is 3.51. The lowest BCUT2D eigenvalue weighted by molar-refractivity contribution is -0.130. The molecule has 0 saturated carbocycles. The number of methoxy groups -OCH3 is 3. The van der Waals surface area contributed by atoms with Gasteiger partial charge < -0.3 is 24.1 Å². The second kappa shape index (κ2) is 9.89. The molecular formula is C27H24O6S. The van der Waals surface area contributed by atoms with Crippen molar-refractivity contribution in [1.82, 2.24) is 0 Å². The Morgan fingerprint density at radius 2 is 1.47 bits per heavy atom. The first-order valence-electron chi connectivity index (χ1n) is 10.5. The summed E-state index contributed by atoms with van der Waals surface area (Å²) in [6.07, 6.45) is 1.65. The molecule has 3 aromatic carbocycles. The quantitative estimate of drug-likeness (QED) is 0.287. The molecule has 0 fully saturated rings. The first kappa shape index (κ1) is 23.2. The van der Waals surface area contributed by atoms with E-state index in [0.29, 0.717) is 39.2 Å². The maximum Gasteiger partial charge on any atom is 0.336 e. The molecule has 0 aliphatic rings. The zero-order chi connectivity index (χ0) is 24.2. The van der Waals surface area contributed by atoms with Crippen LogP contribution in [0.4, 0.5) is 0 Å². The first-order valence-corrected chi connectivity index (χ1v) is 11.3. The number of hydrogen-bond donors (Lipinski definition) is 1. The van der Waals surface area contributed by atoms with Crippen LogP contribution in [-0.2, 0) is 4.79 Å². The Labute approximate surface area is 201 Å². The molecule has 0 unspecified atom stereocenters. The number of benzene rings is 3. The topological polar surface area (TPSA) is 74.2 Å². The molecule has 0 amide bonds. The van der Waals surface area contributed by atoms with Crippen molar-refractivity contribution in [3.8, 4) is 28.7 Å². The third-order valence-electron chi connectivity index (χ3n) is 5.32. The van der Waals surface area contributed by atoms with Gasteiger partial charge in [0.15, 0.2) is 17.2 Å². The number of rotatable bonds is 8. The van der Waals surface area contributed by atoms with E-state index in [1.54, 1.807) is 63.8 Å². The third kappa shape index (κ3) is 4.70. The maximum absolute atomic E-state index is 12.2. The Balaban J connectivity index is 1.91. The standard InChI is InChI=1S/C27H24O6S/c1-16-5-7-17(8-6-16)20(27(28)29)14-25-26(33-19-11-9-18(30-2)10-12-19)21-13-22(31-3)23(32-4)15-24(21)34-25/h5-15H,1-4H3,(H,28,29)/b20-14+. The molecule has 174 valence electrons. The number of carbonyl (C=O) groups is 1. The average molecular weight is 477 g/mol. The summed E-state index contributed by atoms with van der Waals surface area (Å²) in [4.78, 5) is 12.9. The number of aliphatic carboxylic acids is 1. The van der Waals surface area contributed by atoms with Crippen LogP contribution in [-0.4, -0.2) is 32.4 Å². The molecule has 1 heterocycles. The zero-order valence-electron chi connectivity index (χ0n) is 19.2. The number of fused-ring (bicyclic) bond motifs is 1. The van der Waals surface area contributed by atoms with Crippen molar-refractivity contribution in [2.45, 2.75) is 6.92 Å². The van der Waals surface area contributed by atoms with E-state index in [2.05, 4.69) is 0 Å². The predicted molar refractivity (Wildman–Crippen MR) is 135 cm³/mol. The van der Waals surface area contributed by atoms with E-state index in [1.807, 2.05) is 31.2 Å². The normalized spacial score (nSPS) is 11.4. The van der Waals surface area contributed by atoms with E-state index < -0.39 is 5.97 Å². The Bertz CT molecular complexity index is 1350. The van der Waals surface area contributed by atoms with Crippen LogP contribution in [0.3, 0.4) is 0 Å². The Kier molecular flexibility index (Phi) is 6.75. The van der Waals surface area contributed by atoms with Gasteiger partial charge in [-0.25, -0.2) is 4.79 Å². The second-order valence-electron chi connectivity index (χ2n) is 7.51. The zero-order valence-corrected chi connectivity index (χ0v) is 20.1. The van der Waals surface area contributed by atoms with Gasteiger partial charge in [0.2, 0.25) is 0 Å². The first-order chi connectivity index (χ1) is 16.4. The molecule has 0 saturated heterocycles. The van der Waals surface area contributed by atoms with Gasteiger partial charge >= 0.3 is 5.97 Å². The summed E-state index contributed by atoms with van der Waals surface area (Å²) >= 11 is 1.42. The van der Waals surface area contributed by atoms with Crippen LogP contribution in [0.5, 0.6) is 28.7 Å². The summed E-state index contributed by atoms with van der Waals surface area (Å²) in [5.74, 6) is 1.96. The van der Waals surface area contributed by atoms with Crippen LogP contribution in [0.1, 0.15) is 16.0 Å². The second-order valence-corrected chi connectivity index (χ2v) is 8.59. The predicted octanol–water partition coefficient (Wildman–Crippen LogP) is 6.65. The summed E-state index contributed by atoms with van der Waals surface area (Å²) in [7, 11) is 4.75. The molecule has 0 atom stereocenters. The monoisotopic (exact) mass is 476 g/mol. The molecular weight excluding hydrogens is 452 g/mol. The molecule has 0 radical (unpaired) electrons. The summed E-state index contributed by atoms with van der Waals surface area (Å²) in [6.45, 7) is 1.96. The maximum atomic E-state index is 12.2. The minimum atomic E-state index is -1.02. The van der Waals surface area contributed by atoms with Gasteiger partial charge in [-0.05, 0) is 48.9 Å². The molecule has 0 aliphatic heterocycles. The summed E-state index contributed by atoms with van der Waals surface area (Å²) in [5.41, 5.74) is 1.84. The van der Waals surface area contributed by atoms with Gasteiger partial charge in [-0.2, -0.15) is 0 Å². The molecule has 6 nitrogen and oxygen atoms in total. The van der Waals surface area contributed by atoms with Crippen molar-refractivity contribution in [1.29, 1.82) is 0 Å². The van der Waals surface area contributed by atoms with Gasteiger partial charge in [-0.1, -0.05) is 29.8 Å². The highest BCUT2D eigenvalue weighted by Crippen LogP contribution is 2.46. The van der Waals surface area contributed by atoms with Gasteiger partial charge in [-0.15, -0.1) is 11.3 Å². The summed E-state index contributed by atoms with van der Waals surface area (Å²) in [6, 6.07) is 18.3. The molecule has 4 rings (SSSR count). The lowest BCUT2D eigenvalue weighted by atomic mass is 10.0. The van der Waals surface area contributed by atoms with Crippen molar-refractivity contribution < 1.29 is 28.8 Å². The molecule has 0 spiro atoms. The average Bonchev–Trinajstić information content (AvgIpc) is 3.18. The minimum absolute atomic E-state index is 0.171. The van der Waals surface area contributed by atoms with Crippen molar-refractivity contribution >= 4 is 39.0 Å². The number of hydrogen-bond acceptors (Lipinski definition) is 6. The van der Waals surface area contributed by atoms with Crippen LogP contribution in [0, 0.1) is 6.92 Å². The van der Waals surface area contributed by atoms with E-state index in [9.17, 15) is 9.90 Å². The van der Waals surface area contributed by atoms with Crippen LogP contribution < -0.4 is 18.9 Å². The molecule has 0 bridgehead atoms. The van der Waals surface area contributed by atoms with Gasteiger partial charge in [0, 0.05) is 16.2 Å². The van der Waals surface area contributed by atoms with E-state index in [0.717, 1.165) is 15.6 Å². The largest absolute Gasteiger partial charge is 0.497 e. The van der Waals surface area contributed by atoms with Crippen LogP contribution in [0.2, 0.25) is 0 Å². The molecule has 34 heavy (non-hydrogen) atoms. The molecule has 1 aromatic heterocycles. The van der Waals surface area contributed by atoms with Crippen LogP contribution >= 0.6 is 11.3 Å². The van der Waals surface area contributed by atoms with E-state index in [-0.39, 0.29) is 5.57 Å².